The van der Waals surface area contributed by atoms with Crippen molar-refractivity contribution in [3.05, 3.63) is 46.3 Å². The number of nitrogens with zero attached hydrogens (tertiary/aromatic N) is 3. The van der Waals surface area contributed by atoms with Crippen LogP contribution in [0.25, 0.3) is 10.4 Å². The van der Waals surface area contributed by atoms with E-state index in [1.807, 2.05) is 27.8 Å². The largest absolute Gasteiger partial charge is 0.381 e. The van der Waals surface area contributed by atoms with Gasteiger partial charge >= 0.3 is 0 Å². The fraction of sp³-hybridized carbons (Fsp3) is 0.867. The molecule has 0 amide bonds. The van der Waals surface area contributed by atoms with Crippen molar-refractivity contribution in [3.63, 3.8) is 0 Å². The summed E-state index contributed by atoms with van der Waals surface area (Å²) in [6.45, 7) is 19.3. The average molecular weight is 833 g/mol. The summed E-state index contributed by atoms with van der Waals surface area (Å²) in [4.78, 5) is 3.23. The van der Waals surface area contributed by atoms with E-state index in [0.717, 1.165) is 32.1 Å². The van der Waals surface area contributed by atoms with E-state index in [4.69, 9.17) is 47.4 Å². The van der Waals surface area contributed by atoms with E-state index in [9.17, 15) is 5.53 Å². The molecule has 4 fully saturated rings. The first-order valence-electron chi connectivity index (χ1n) is 22.4. The monoisotopic (exact) mass is 833 g/mol. The van der Waals surface area contributed by atoms with Gasteiger partial charge in [-0.2, -0.15) is 0 Å². The Kier molecular flexibility index (Phi) is 18.7. The second kappa shape index (κ2) is 23.0. The summed E-state index contributed by atoms with van der Waals surface area (Å²) in [5.74, 6) is -0.195. The van der Waals surface area contributed by atoms with Crippen molar-refractivity contribution in [1.82, 2.24) is 5.32 Å². The van der Waals surface area contributed by atoms with Crippen LogP contribution in [0, 0.1) is 29.6 Å². The van der Waals surface area contributed by atoms with Crippen LogP contribution in [0.15, 0.2) is 35.4 Å². The number of ether oxygens (including phenoxy) is 10. The lowest BCUT2D eigenvalue weighted by Gasteiger charge is -2.51. The zero-order valence-electron chi connectivity index (χ0n) is 37.8. The molecule has 4 aliphatic rings. The summed E-state index contributed by atoms with van der Waals surface area (Å²) in [5.41, 5.74) is 11.1. The number of nitrogens with one attached hydrogen (secondary N) is 1. The Morgan fingerprint density at radius 2 is 1.20 bits per heavy atom. The van der Waals surface area contributed by atoms with E-state index in [1.165, 1.54) is 5.56 Å². The van der Waals surface area contributed by atoms with Gasteiger partial charge in [0.2, 0.25) is 0 Å². The maximum Gasteiger partial charge on any atom is 0.173 e. The van der Waals surface area contributed by atoms with Gasteiger partial charge in [0, 0.05) is 49.4 Å². The number of methoxy groups -OCH3 is 2. The Morgan fingerprint density at radius 1 is 0.627 bits per heavy atom. The molecule has 4 saturated heterocycles. The molecule has 59 heavy (non-hydrogen) atoms. The maximum atomic E-state index is 9.75. The lowest BCUT2D eigenvalue weighted by molar-refractivity contribution is -0.357. The van der Waals surface area contributed by atoms with E-state index in [1.54, 1.807) is 14.2 Å². The van der Waals surface area contributed by atoms with Gasteiger partial charge in [-0.15, -0.1) is 0 Å². The molecule has 0 spiro atoms. The van der Waals surface area contributed by atoms with Crippen LogP contribution in [0.2, 0.25) is 0 Å². The molecule has 1 aromatic rings. The van der Waals surface area contributed by atoms with Gasteiger partial charge in [0.25, 0.3) is 0 Å². The van der Waals surface area contributed by atoms with Gasteiger partial charge in [0.1, 0.15) is 6.10 Å². The van der Waals surface area contributed by atoms with E-state index < -0.39 is 49.3 Å². The van der Waals surface area contributed by atoms with Crippen LogP contribution in [-0.4, -0.2) is 120 Å². The molecule has 0 saturated carbocycles. The minimum atomic E-state index is -0.854. The lowest BCUT2D eigenvalue weighted by Crippen LogP contribution is -2.63. The maximum absolute atomic E-state index is 9.75. The molecule has 1 N–H and O–H groups in total. The molecular formula is C45H76N4O10. The molecule has 4 heterocycles. The molecule has 336 valence electrons. The molecule has 0 radical (unpaired) electrons. The minimum absolute atomic E-state index is 0.0117. The van der Waals surface area contributed by atoms with Crippen LogP contribution in [0.3, 0.4) is 0 Å². The quantitative estimate of drug-likeness (QED) is 0.0629. The predicted molar refractivity (Wildman–Crippen MR) is 224 cm³/mol. The molecule has 8 unspecified atom stereocenters. The fourth-order valence-corrected chi connectivity index (χ4v) is 9.88. The van der Waals surface area contributed by atoms with Crippen LogP contribution in [0.1, 0.15) is 100.0 Å². The van der Waals surface area contributed by atoms with E-state index in [0.29, 0.717) is 13.0 Å². The highest BCUT2D eigenvalue weighted by molar-refractivity contribution is 5.14. The Labute approximate surface area is 353 Å². The third kappa shape index (κ3) is 11.4. The second-order valence-corrected chi connectivity index (χ2v) is 17.5. The fourth-order valence-electron chi connectivity index (χ4n) is 9.88. The normalized spacial score (nSPS) is 42.9. The highest BCUT2D eigenvalue weighted by atomic mass is 16.8. The zero-order chi connectivity index (χ0) is 42.8. The molecule has 0 bridgehead atoms. The second-order valence-electron chi connectivity index (χ2n) is 17.5. The summed E-state index contributed by atoms with van der Waals surface area (Å²) >= 11 is 0. The summed E-state index contributed by atoms with van der Waals surface area (Å²) in [5, 5.41) is 7.69. The average Bonchev–Trinajstić information content (AvgIpc) is 3.23. The van der Waals surface area contributed by atoms with Gasteiger partial charge in [0.05, 0.1) is 60.9 Å². The molecule has 14 heteroatoms. The number of aryl methyl sites for hydroxylation is 1. The van der Waals surface area contributed by atoms with Crippen molar-refractivity contribution in [1.29, 1.82) is 0 Å². The minimum Gasteiger partial charge on any atom is -0.381 e. The smallest absolute Gasteiger partial charge is 0.173 e. The van der Waals surface area contributed by atoms with Gasteiger partial charge in [-0.3, -0.25) is 0 Å². The third-order valence-electron chi connectivity index (χ3n) is 13.7. The molecule has 5 rings (SSSR count). The van der Waals surface area contributed by atoms with Crippen molar-refractivity contribution in [3.8, 4) is 0 Å². The van der Waals surface area contributed by atoms with Crippen molar-refractivity contribution in [2.75, 3.05) is 27.9 Å². The third-order valence-corrected chi connectivity index (χ3v) is 13.7. The number of benzene rings is 1. The number of hydrogen-bond acceptors (Lipinski definition) is 12. The Morgan fingerprint density at radius 3 is 1.80 bits per heavy atom. The predicted octanol–water partition coefficient (Wildman–Crippen LogP) is 7.81. The number of hydrogen-bond donors (Lipinski definition) is 1. The van der Waals surface area contributed by atoms with Crippen LogP contribution < -0.4 is 5.32 Å². The number of rotatable bonds is 19. The Hall–Kier alpha value is -1.91. The van der Waals surface area contributed by atoms with Crippen molar-refractivity contribution in [2.45, 2.75) is 193 Å². The van der Waals surface area contributed by atoms with Gasteiger partial charge in [-0.1, -0.05) is 90.3 Å². The Balaban J connectivity index is 1.20. The van der Waals surface area contributed by atoms with Gasteiger partial charge in [0.15, 0.2) is 25.2 Å². The summed E-state index contributed by atoms with van der Waals surface area (Å²) in [6, 6.07) is 9.88. The first kappa shape index (κ1) is 48.1. The van der Waals surface area contributed by atoms with Gasteiger partial charge in [-0.05, 0) is 70.0 Å². The molecule has 14 nitrogen and oxygen atoms in total. The molecule has 20 atom stereocenters. The highest BCUT2D eigenvalue weighted by Gasteiger charge is 2.53. The summed E-state index contributed by atoms with van der Waals surface area (Å²) < 4.78 is 65.2. The van der Waals surface area contributed by atoms with Gasteiger partial charge in [-0.25, -0.2) is 0 Å². The lowest BCUT2D eigenvalue weighted by atomic mass is 9.85. The zero-order valence-corrected chi connectivity index (χ0v) is 37.8. The van der Waals surface area contributed by atoms with Crippen LogP contribution in [0.4, 0.5) is 0 Å². The van der Waals surface area contributed by atoms with Crippen LogP contribution in [-0.2, 0) is 53.8 Å². The van der Waals surface area contributed by atoms with E-state index >= 15 is 0 Å². The summed E-state index contributed by atoms with van der Waals surface area (Å²) in [6.07, 6.45) is 0.738. The number of azide groups is 1. The van der Waals surface area contributed by atoms with Gasteiger partial charge < -0.3 is 52.7 Å². The number of likely N-dealkylation sites (N-methyl/N-ethyl adjacent to an activating group) is 1. The molecular weight excluding hydrogens is 757 g/mol. The first-order valence-corrected chi connectivity index (χ1v) is 22.4. The standard InChI is InChI=1S/C45H76N4O10/c1-13-33-38(26(4)35(47-10)44(55-33)52-24-20-16-19-23-32-21-17-15-18-22-32)57-43-29(7)40(51-12)41(31(9)54-43)59-45-36(48-49-46)27(5)39(34(14-2)56-45)58-42-28(6)37(50-11)25(3)30(8)53-42/h15,17-18,21-22,25-31,33-45,47H,13-14,16,19-20,23-24H2,1-12H3/t25-,26-,27-,28+,29+,30?,31?,33?,34?,35?,36?,37?,38+,39+,40?,41+,42+,43+,44-,45-/m1/s1. The van der Waals surface area contributed by atoms with Crippen LogP contribution >= 0.6 is 0 Å². The molecule has 0 aromatic heterocycles. The number of unbranched alkanes of at least 4 members (excludes halogenated alkanes) is 2. The Bertz CT molecular complexity index is 1430. The topological polar surface area (TPSA) is 153 Å². The SMILES string of the molecule is CCC1O[C@H](O[C@H]2C(C)O[C@@H](O[C@@H]3C(CC)O[C@@H](OCCCCCc4ccccc4)C(NC)[C@H]3C)[C@@H](C)C2OC)C(N=[N+]=[N-])[C@@H](C)[C@@H]1O[C@@H]1OC(C)[C@@H](C)C(OC)[C@@H]1C. The van der Waals surface area contributed by atoms with Crippen molar-refractivity contribution in [2.24, 2.45) is 34.7 Å². The summed E-state index contributed by atoms with van der Waals surface area (Å²) in [7, 11) is 5.37. The first-order chi connectivity index (χ1) is 28.4. The van der Waals surface area contributed by atoms with Crippen molar-refractivity contribution < 1.29 is 47.4 Å². The van der Waals surface area contributed by atoms with Crippen molar-refractivity contribution >= 4 is 0 Å². The van der Waals surface area contributed by atoms with Crippen LogP contribution in [0.5, 0.6) is 0 Å². The molecule has 4 aliphatic heterocycles. The molecule has 0 aliphatic carbocycles. The molecule has 1 aromatic carbocycles. The van der Waals surface area contributed by atoms with E-state index in [-0.39, 0.29) is 72.4 Å². The van der Waals surface area contributed by atoms with E-state index in [2.05, 4.69) is 87.2 Å². The highest BCUT2D eigenvalue weighted by Crippen LogP contribution is 2.41.